The molecular formula is C20H26N6O2S. The molecule has 9 heteroatoms. The van der Waals surface area contributed by atoms with E-state index in [0.717, 1.165) is 43.5 Å². The molecule has 0 bridgehead atoms. The minimum atomic E-state index is -0.407. The lowest BCUT2D eigenvalue weighted by Crippen LogP contribution is -2.48. The maximum Gasteiger partial charge on any atom is 0.321 e. The first-order valence-electron chi connectivity index (χ1n) is 10.2. The van der Waals surface area contributed by atoms with Crippen LogP contribution in [-0.2, 0) is 4.79 Å². The lowest BCUT2D eigenvalue weighted by Gasteiger charge is -2.29. The molecule has 2 aliphatic carbocycles. The Labute approximate surface area is 174 Å². The van der Waals surface area contributed by atoms with Crippen LogP contribution in [0.15, 0.2) is 29.7 Å². The third-order valence-electron chi connectivity index (χ3n) is 5.53. The number of hydrogen-bond acceptors (Lipinski definition) is 6. The fourth-order valence-corrected chi connectivity index (χ4v) is 4.57. The molecular weight excluding hydrogens is 388 g/mol. The van der Waals surface area contributed by atoms with Crippen molar-refractivity contribution >= 4 is 23.7 Å². The van der Waals surface area contributed by atoms with Crippen molar-refractivity contribution in [1.29, 1.82) is 0 Å². The Morgan fingerprint density at radius 2 is 1.90 bits per heavy atom. The van der Waals surface area contributed by atoms with Crippen LogP contribution in [0, 0.1) is 5.92 Å². The molecule has 0 unspecified atom stereocenters. The van der Waals surface area contributed by atoms with Gasteiger partial charge in [-0.05, 0) is 43.7 Å². The van der Waals surface area contributed by atoms with E-state index in [2.05, 4.69) is 37.3 Å². The zero-order valence-electron chi connectivity index (χ0n) is 16.5. The standard InChI is InChI=1S/C20H26N6O2S/c1-13-4-2-3-5-16(13)22-19(28)23-17(27)12-29-20-25-24-18(26(20)15-6-7-15)14-8-10-21-11-9-14/h8-11,13,15-16H,2-7,12H2,1H3,(H2,22,23,27,28)/t13-,16+/m0/s1. The van der Waals surface area contributed by atoms with Gasteiger partial charge in [-0.1, -0.05) is 31.5 Å². The third-order valence-corrected chi connectivity index (χ3v) is 6.47. The fraction of sp³-hybridized carbons (Fsp3) is 0.550. The number of carbonyl (C=O) groups excluding carboxylic acids is 2. The number of nitrogens with zero attached hydrogens (tertiary/aromatic N) is 4. The summed E-state index contributed by atoms with van der Waals surface area (Å²) in [6, 6.07) is 3.91. The van der Waals surface area contributed by atoms with E-state index in [4.69, 9.17) is 0 Å². The van der Waals surface area contributed by atoms with Crippen LogP contribution < -0.4 is 10.6 Å². The fourth-order valence-electron chi connectivity index (χ4n) is 3.76. The van der Waals surface area contributed by atoms with Gasteiger partial charge in [0, 0.05) is 30.0 Å². The molecule has 2 aromatic heterocycles. The second kappa shape index (κ2) is 8.94. The summed E-state index contributed by atoms with van der Waals surface area (Å²) in [5.74, 6) is 1.03. The Morgan fingerprint density at radius 3 is 2.62 bits per heavy atom. The van der Waals surface area contributed by atoms with Gasteiger partial charge in [-0.3, -0.25) is 19.7 Å². The lowest BCUT2D eigenvalue weighted by atomic mass is 9.86. The lowest BCUT2D eigenvalue weighted by molar-refractivity contribution is -0.117. The molecule has 2 atom stereocenters. The van der Waals surface area contributed by atoms with Crippen LogP contribution >= 0.6 is 11.8 Å². The molecule has 0 saturated heterocycles. The van der Waals surface area contributed by atoms with E-state index in [1.807, 2.05) is 12.1 Å². The number of aromatic nitrogens is 4. The van der Waals surface area contributed by atoms with E-state index < -0.39 is 6.03 Å². The summed E-state index contributed by atoms with van der Waals surface area (Å²) in [5, 5.41) is 14.7. The van der Waals surface area contributed by atoms with Crippen molar-refractivity contribution in [3.8, 4) is 11.4 Å². The Hall–Kier alpha value is -2.42. The van der Waals surface area contributed by atoms with Gasteiger partial charge in [0.05, 0.1) is 5.75 Å². The van der Waals surface area contributed by atoms with Crippen molar-refractivity contribution in [2.75, 3.05) is 5.75 Å². The maximum absolute atomic E-state index is 12.3. The highest BCUT2D eigenvalue weighted by atomic mass is 32.2. The van der Waals surface area contributed by atoms with E-state index in [1.54, 1.807) is 12.4 Å². The summed E-state index contributed by atoms with van der Waals surface area (Å²) >= 11 is 1.31. The van der Waals surface area contributed by atoms with E-state index >= 15 is 0 Å². The number of rotatable bonds is 6. The van der Waals surface area contributed by atoms with E-state index in [0.29, 0.717) is 17.1 Å². The summed E-state index contributed by atoms with van der Waals surface area (Å²) in [4.78, 5) is 28.5. The normalized spacial score (nSPS) is 21.6. The number of amides is 3. The van der Waals surface area contributed by atoms with Gasteiger partial charge in [0.1, 0.15) is 0 Å². The van der Waals surface area contributed by atoms with Crippen molar-refractivity contribution in [3.05, 3.63) is 24.5 Å². The molecule has 3 amide bonds. The van der Waals surface area contributed by atoms with Crippen molar-refractivity contribution in [1.82, 2.24) is 30.4 Å². The molecule has 154 valence electrons. The smallest absolute Gasteiger partial charge is 0.321 e. The first kappa shape index (κ1) is 19.9. The summed E-state index contributed by atoms with van der Waals surface area (Å²) in [5.41, 5.74) is 0.955. The zero-order chi connectivity index (χ0) is 20.2. The highest BCUT2D eigenvalue weighted by Gasteiger charge is 2.30. The molecule has 8 nitrogen and oxygen atoms in total. The molecule has 2 N–H and O–H groups in total. The van der Waals surface area contributed by atoms with Crippen molar-refractivity contribution in [2.45, 2.75) is 62.7 Å². The number of pyridine rings is 1. The Bertz CT molecular complexity index is 867. The van der Waals surface area contributed by atoms with Gasteiger partial charge < -0.3 is 5.32 Å². The van der Waals surface area contributed by atoms with Gasteiger partial charge in [-0.2, -0.15) is 0 Å². The molecule has 0 spiro atoms. The molecule has 2 fully saturated rings. The van der Waals surface area contributed by atoms with Gasteiger partial charge in [0.25, 0.3) is 0 Å². The van der Waals surface area contributed by atoms with Crippen LogP contribution in [0.3, 0.4) is 0 Å². The minimum Gasteiger partial charge on any atom is -0.335 e. The van der Waals surface area contributed by atoms with E-state index in [-0.39, 0.29) is 17.7 Å². The highest BCUT2D eigenvalue weighted by molar-refractivity contribution is 7.99. The number of urea groups is 1. The molecule has 2 aliphatic rings. The van der Waals surface area contributed by atoms with Gasteiger partial charge >= 0.3 is 6.03 Å². The van der Waals surface area contributed by atoms with Crippen LogP contribution in [0.1, 0.15) is 51.5 Å². The molecule has 29 heavy (non-hydrogen) atoms. The minimum absolute atomic E-state index is 0.120. The number of carbonyl (C=O) groups is 2. The van der Waals surface area contributed by atoms with E-state index in [9.17, 15) is 9.59 Å². The monoisotopic (exact) mass is 414 g/mol. The molecule has 0 radical (unpaired) electrons. The Morgan fingerprint density at radius 1 is 1.14 bits per heavy atom. The van der Waals surface area contributed by atoms with Crippen molar-refractivity contribution < 1.29 is 9.59 Å². The summed E-state index contributed by atoms with van der Waals surface area (Å²) < 4.78 is 2.09. The predicted molar refractivity (Wildman–Crippen MR) is 110 cm³/mol. The Kier molecular flexibility index (Phi) is 6.13. The van der Waals surface area contributed by atoms with Gasteiger partial charge in [-0.25, -0.2) is 4.79 Å². The van der Waals surface area contributed by atoms with Crippen LogP contribution in [0.5, 0.6) is 0 Å². The average Bonchev–Trinajstić information content (AvgIpc) is 3.47. The van der Waals surface area contributed by atoms with Crippen LogP contribution in [-0.4, -0.2) is 43.5 Å². The molecule has 2 saturated carbocycles. The van der Waals surface area contributed by atoms with Gasteiger partial charge in [-0.15, -0.1) is 10.2 Å². The molecule has 2 heterocycles. The molecule has 0 aliphatic heterocycles. The third kappa shape index (κ3) is 4.95. The van der Waals surface area contributed by atoms with Gasteiger partial charge in [0.15, 0.2) is 11.0 Å². The van der Waals surface area contributed by atoms with Gasteiger partial charge in [0.2, 0.25) is 5.91 Å². The van der Waals surface area contributed by atoms with Crippen LogP contribution in [0.25, 0.3) is 11.4 Å². The summed E-state index contributed by atoms with van der Waals surface area (Å²) in [6.45, 7) is 2.15. The molecule has 0 aromatic carbocycles. The zero-order valence-corrected chi connectivity index (χ0v) is 17.3. The predicted octanol–water partition coefficient (Wildman–Crippen LogP) is 3.17. The number of nitrogens with one attached hydrogen (secondary N) is 2. The summed E-state index contributed by atoms with van der Waals surface area (Å²) in [7, 11) is 0. The maximum atomic E-state index is 12.3. The SMILES string of the molecule is C[C@H]1CCCC[C@H]1NC(=O)NC(=O)CSc1nnc(-c2ccncc2)n1C1CC1. The largest absolute Gasteiger partial charge is 0.335 e. The average molecular weight is 415 g/mol. The second-order valence-corrected chi connectivity index (χ2v) is 8.76. The second-order valence-electron chi connectivity index (χ2n) is 7.82. The molecule has 4 rings (SSSR count). The molecule has 2 aromatic rings. The number of hydrogen-bond donors (Lipinski definition) is 2. The van der Waals surface area contributed by atoms with E-state index in [1.165, 1.54) is 18.2 Å². The van der Waals surface area contributed by atoms with Crippen LogP contribution in [0.2, 0.25) is 0 Å². The first-order chi connectivity index (χ1) is 14.1. The van der Waals surface area contributed by atoms with Crippen molar-refractivity contribution in [3.63, 3.8) is 0 Å². The van der Waals surface area contributed by atoms with Crippen molar-refractivity contribution in [2.24, 2.45) is 5.92 Å². The summed E-state index contributed by atoms with van der Waals surface area (Å²) in [6.07, 6.45) is 10.0. The number of imide groups is 1. The topological polar surface area (TPSA) is 102 Å². The first-order valence-corrected chi connectivity index (χ1v) is 11.2. The van der Waals surface area contributed by atoms with Crippen LogP contribution in [0.4, 0.5) is 4.79 Å². The quantitative estimate of drug-likeness (QED) is 0.704. The Balaban J connectivity index is 1.33. The highest BCUT2D eigenvalue weighted by Crippen LogP contribution is 2.40. The number of thioether (sulfide) groups is 1.